The van der Waals surface area contributed by atoms with Crippen LogP contribution in [0.3, 0.4) is 0 Å². The smallest absolute Gasteiger partial charge is 0.245 e. The number of rotatable bonds is 0. The first-order valence-electron chi connectivity index (χ1n) is 20.3. The Morgan fingerprint density at radius 1 is 0.357 bits per heavy atom. The second-order valence-corrected chi connectivity index (χ2v) is 17.2. The van der Waals surface area contributed by atoms with Gasteiger partial charge in [-0.05, 0) is 89.3 Å². The molecule has 6 aliphatic heterocycles. The van der Waals surface area contributed by atoms with Crippen molar-refractivity contribution in [1.29, 1.82) is 0 Å². The third-order valence-electron chi connectivity index (χ3n) is 14.4. The van der Waals surface area contributed by atoms with E-state index in [1.165, 1.54) is 123 Å². The maximum Gasteiger partial charge on any atom is 0.245 e. The van der Waals surface area contributed by atoms with Gasteiger partial charge in [0.2, 0.25) is 26.9 Å². The van der Waals surface area contributed by atoms with E-state index in [2.05, 4.69) is 183 Å². The van der Waals surface area contributed by atoms with Crippen LogP contribution in [-0.4, -0.2) is 40.9 Å². The second-order valence-electron chi connectivity index (χ2n) is 17.2. The van der Waals surface area contributed by atoms with Crippen LogP contribution in [0.4, 0.5) is 56.9 Å². The van der Waals surface area contributed by atoms with Crippen molar-refractivity contribution in [3.8, 4) is 0 Å². The number of hydrogen-bond acceptors (Lipinski definition) is 4. The molecule has 7 aromatic carbocycles. The van der Waals surface area contributed by atoms with Crippen LogP contribution in [0, 0.1) is 13.8 Å². The lowest BCUT2D eigenvalue weighted by Gasteiger charge is -2.50. The Bertz CT molecular complexity index is 2780. The highest BCUT2D eigenvalue weighted by atomic mass is 15.3. The summed E-state index contributed by atoms with van der Waals surface area (Å²) in [7, 11) is 4.51. The highest BCUT2D eigenvalue weighted by molar-refractivity contribution is 7.11. The summed E-state index contributed by atoms with van der Waals surface area (Å²) in [5.74, 6) is 0. The van der Waals surface area contributed by atoms with Gasteiger partial charge < -0.3 is 19.6 Å². The molecule has 0 unspecified atom stereocenters. The molecule has 4 nitrogen and oxygen atoms in total. The van der Waals surface area contributed by atoms with Crippen molar-refractivity contribution in [3.63, 3.8) is 0 Å². The Morgan fingerprint density at radius 3 is 1.21 bits per heavy atom. The van der Waals surface area contributed by atoms with Crippen molar-refractivity contribution in [3.05, 3.63) is 132 Å². The molecule has 0 fully saturated rings. The van der Waals surface area contributed by atoms with Gasteiger partial charge in [-0.25, -0.2) is 0 Å². The summed E-state index contributed by atoms with van der Waals surface area (Å²) in [6, 6.07) is 47.5. The standard InChI is InChI=1S/C48H38B4N4/c1-27-15-19-37-43(23-27)53(5)39-21-17-33-45-47(39)55(37)41-26-42-36(25-35(41)51(45)31-13-9-7-11-29(31)49(33)3)52-32-14-10-8-12-30(32)50(4)34-18-22-40-48(46(34)52)56(42)38-20-16-28(2)24-44(38)54(40)6/h7-26H,1-6H3. The first-order valence-corrected chi connectivity index (χ1v) is 20.3. The largest absolute Gasteiger partial charge is 0.341 e. The molecule has 0 aliphatic carbocycles. The first kappa shape index (κ1) is 31.2. The Labute approximate surface area is 330 Å². The van der Waals surface area contributed by atoms with Crippen LogP contribution in [-0.2, 0) is 0 Å². The normalized spacial score (nSPS) is 15.4. The first-order chi connectivity index (χ1) is 27.3. The number of aryl methyl sites for hydroxylation is 2. The van der Waals surface area contributed by atoms with Gasteiger partial charge in [-0.3, -0.25) is 0 Å². The molecule has 0 saturated carbocycles. The molecular formula is C48H38B4N4. The molecular weight excluding hydrogens is 676 g/mol. The molecule has 8 heteroatoms. The van der Waals surface area contributed by atoms with Crippen molar-refractivity contribution in [2.24, 2.45) is 0 Å². The maximum absolute atomic E-state index is 2.66. The van der Waals surface area contributed by atoms with Crippen molar-refractivity contribution in [1.82, 2.24) is 0 Å². The van der Waals surface area contributed by atoms with Crippen LogP contribution in [0.25, 0.3) is 0 Å². The maximum atomic E-state index is 2.66. The van der Waals surface area contributed by atoms with Crippen molar-refractivity contribution < 1.29 is 0 Å². The van der Waals surface area contributed by atoms with Gasteiger partial charge in [0.15, 0.2) is 0 Å². The highest BCUT2D eigenvalue weighted by Gasteiger charge is 2.50. The van der Waals surface area contributed by atoms with Crippen LogP contribution in [0.1, 0.15) is 11.1 Å². The van der Waals surface area contributed by atoms with Crippen molar-refractivity contribution in [2.75, 3.05) is 33.7 Å². The summed E-state index contributed by atoms with van der Waals surface area (Å²) >= 11 is 0. The van der Waals surface area contributed by atoms with E-state index < -0.39 is 0 Å². The fourth-order valence-corrected chi connectivity index (χ4v) is 11.9. The lowest BCUT2D eigenvalue weighted by molar-refractivity contribution is 1.12. The molecule has 0 atom stereocenters. The van der Waals surface area contributed by atoms with Gasteiger partial charge in [0, 0.05) is 25.5 Å². The summed E-state index contributed by atoms with van der Waals surface area (Å²) in [6.07, 6.45) is 0. The lowest BCUT2D eigenvalue weighted by atomic mass is 9.20. The van der Waals surface area contributed by atoms with Gasteiger partial charge in [-0.2, -0.15) is 0 Å². The Morgan fingerprint density at radius 2 is 0.768 bits per heavy atom. The average Bonchev–Trinajstić information content (AvgIpc) is 3.22. The van der Waals surface area contributed by atoms with E-state index in [4.69, 9.17) is 0 Å². The predicted molar refractivity (Wildman–Crippen MR) is 245 cm³/mol. The molecule has 6 aliphatic rings. The van der Waals surface area contributed by atoms with Gasteiger partial charge in [-0.1, -0.05) is 125 Å². The minimum Gasteiger partial charge on any atom is -0.341 e. The quantitative estimate of drug-likeness (QED) is 0.219. The van der Waals surface area contributed by atoms with Gasteiger partial charge in [-0.15, -0.1) is 0 Å². The minimum absolute atomic E-state index is 0.122. The summed E-state index contributed by atoms with van der Waals surface area (Å²) < 4.78 is 0. The molecule has 7 aromatic rings. The summed E-state index contributed by atoms with van der Waals surface area (Å²) in [5, 5.41) is 0. The molecule has 0 N–H and O–H groups in total. The molecule has 0 radical (unpaired) electrons. The molecule has 0 saturated heterocycles. The lowest BCUT2D eigenvalue weighted by Crippen LogP contribution is -2.76. The van der Waals surface area contributed by atoms with Crippen LogP contribution >= 0.6 is 0 Å². The Balaban J connectivity index is 1.19. The molecule has 0 amide bonds. The third-order valence-corrected chi connectivity index (χ3v) is 14.4. The van der Waals surface area contributed by atoms with E-state index in [0.29, 0.717) is 13.4 Å². The molecule has 0 aromatic heterocycles. The Hall–Kier alpha value is -6.00. The minimum atomic E-state index is 0.122. The fraction of sp³-hybridized carbons (Fsp3) is 0.125. The molecule has 56 heavy (non-hydrogen) atoms. The van der Waals surface area contributed by atoms with Crippen molar-refractivity contribution >= 4 is 138 Å². The fourth-order valence-electron chi connectivity index (χ4n) is 11.9. The highest BCUT2D eigenvalue weighted by Crippen LogP contribution is 2.55. The van der Waals surface area contributed by atoms with Crippen LogP contribution in [0.15, 0.2) is 121 Å². The van der Waals surface area contributed by atoms with Crippen LogP contribution < -0.4 is 74.2 Å². The van der Waals surface area contributed by atoms with E-state index in [-0.39, 0.29) is 13.4 Å². The second kappa shape index (κ2) is 10.4. The zero-order chi connectivity index (χ0) is 37.5. The monoisotopic (exact) mass is 714 g/mol. The topological polar surface area (TPSA) is 13.0 Å². The van der Waals surface area contributed by atoms with E-state index in [9.17, 15) is 0 Å². The number of anilines is 10. The van der Waals surface area contributed by atoms with Crippen molar-refractivity contribution in [2.45, 2.75) is 27.5 Å². The molecule has 6 heterocycles. The number of hydrogen-bond donors (Lipinski definition) is 0. The van der Waals surface area contributed by atoms with E-state index >= 15 is 0 Å². The molecule has 0 spiro atoms. The van der Waals surface area contributed by atoms with Gasteiger partial charge in [0.25, 0.3) is 0 Å². The van der Waals surface area contributed by atoms with E-state index in [1.807, 2.05) is 0 Å². The molecule has 13 rings (SSSR count). The van der Waals surface area contributed by atoms with Gasteiger partial charge in [0.1, 0.15) is 0 Å². The van der Waals surface area contributed by atoms with Crippen LogP contribution in [0.5, 0.6) is 0 Å². The van der Waals surface area contributed by atoms with Gasteiger partial charge >= 0.3 is 0 Å². The summed E-state index contributed by atoms with van der Waals surface area (Å²) in [5.41, 5.74) is 29.7. The molecule has 0 bridgehead atoms. The molecule has 262 valence electrons. The Kier molecular flexibility index (Phi) is 5.82. The summed E-state index contributed by atoms with van der Waals surface area (Å²) in [4.78, 5) is 10.2. The third kappa shape index (κ3) is 3.58. The predicted octanol–water partition coefficient (Wildman–Crippen LogP) is 4.17. The number of fused-ring (bicyclic) bond motifs is 14. The average molecular weight is 714 g/mol. The van der Waals surface area contributed by atoms with E-state index in [0.717, 1.165) is 0 Å². The van der Waals surface area contributed by atoms with Gasteiger partial charge in [0.05, 0.1) is 45.5 Å². The zero-order valence-electron chi connectivity index (χ0n) is 32.6. The summed E-state index contributed by atoms with van der Waals surface area (Å²) in [6.45, 7) is 10.1. The van der Waals surface area contributed by atoms with E-state index in [1.54, 1.807) is 0 Å². The van der Waals surface area contributed by atoms with Crippen LogP contribution in [0.2, 0.25) is 13.6 Å². The SMILES string of the molecule is CB1c2ccccc2B2c3cc4c(cc3N3c5ccc(C)cc5N(C)c5ccc1c2c53)N1c2ccc(C)cc2N(C)c2ccc3c(c21)B4c1ccccc1B3C. The number of nitrogens with zero attached hydrogens (tertiary/aromatic N) is 4. The number of benzene rings is 7. The zero-order valence-corrected chi connectivity index (χ0v) is 32.6.